The molecule has 0 bridgehead atoms. The molecule has 1 aromatic carbocycles. The van der Waals surface area contributed by atoms with Crippen LogP contribution in [0, 0.1) is 4.91 Å². The van der Waals surface area contributed by atoms with Gasteiger partial charge in [0.05, 0.1) is 0 Å². The Kier molecular flexibility index (Phi) is 7.28. The summed E-state index contributed by atoms with van der Waals surface area (Å²) in [5.74, 6) is 0. The molecule has 1 unspecified atom stereocenters. The van der Waals surface area contributed by atoms with E-state index in [1.807, 2.05) is 0 Å². The molecule has 0 saturated carbocycles. The molecule has 6 heteroatoms. The largest absolute Gasteiger partial charge is 0.448 e. The molecule has 0 spiro atoms. The number of alkyl carbamates (subject to hydrolysis) is 1. The summed E-state index contributed by atoms with van der Waals surface area (Å²) in [7, 11) is 0. The van der Waals surface area contributed by atoms with E-state index in [0.29, 0.717) is 23.4 Å². The van der Waals surface area contributed by atoms with Gasteiger partial charge in [0.1, 0.15) is 12.3 Å². The van der Waals surface area contributed by atoms with Crippen LogP contribution in [0.1, 0.15) is 5.56 Å². The van der Waals surface area contributed by atoms with Gasteiger partial charge in [0.15, 0.2) is 0 Å². The quantitative estimate of drug-likeness (QED) is 0.570. The van der Waals surface area contributed by atoms with Gasteiger partial charge in [0.2, 0.25) is 0 Å². The average molecular weight is 301 g/mol. The van der Waals surface area contributed by atoms with Gasteiger partial charge in [0.25, 0.3) is 0 Å². The molecule has 3 N–H and O–H groups in total. The monoisotopic (exact) mass is 301 g/mol. The summed E-state index contributed by atoms with van der Waals surface area (Å²) in [5, 5.41) is 5.43. The Labute approximate surface area is 129 Å². The molecule has 0 fully saturated rings. The van der Waals surface area contributed by atoms with Crippen molar-refractivity contribution in [1.29, 1.82) is 0 Å². The average Bonchev–Trinajstić information content (AvgIpc) is 2.53. The lowest BCUT2D eigenvalue weighted by atomic mass is 10.1. The number of amides is 1. The van der Waals surface area contributed by atoms with Crippen molar-refractivity contribution in [1.82, 2.24) is 5.32 Å². The third-order valence-corrected chi connectivity index (χ3v) is 2.76. The number of carbonyl (C=O) groups is 1. The van der Waals surface area contributed by atoms with Crippen molar-refractivity contribution in [3.05, 3.63) is 71.8 Å². The molecule has 1 atom stereocenters. The highest BCUT2D eigenvalue weighted by molar-refractivity contribution is 5.70. The Morgan fingerprint density at radius 3 is 2.77 bits per heavy atom. The zero-order valence-corrected chi connectivity index (χ0v) is 12.2. The van der Waals surface area contributed by atoms with Crippen molar-refractivity contribution < 1.29 is 9.53 Å². The van der Waals surface area contributed by atoms with E-state index in [1.165, 1.54) is 12.2 Å². The van der Waals surface area contributed by atoms with Gasteiger partial charge >= 0.3 is 6.09 Å². The first-order chi connectivity index (χ1) is 10.6. The first-order valence-corrected chi connectivity index (χ1v) is 6.66. The zero-order valence-electron chi connectivity index (χ0n) is 12.2. The summed E-state index contributed by atoms with van der Waals surface area (Å²) in [6.45, 7) is 7.09. The van der Waals surface area contributed by atoms with Crippen LogP contribution in [0.3, 0.4) is 0 Å². The fourth-order valence-electron chi connectivity index (χ4n) is 1.74. The van der Waals surface area contributed by atoms with E-state index in [2.05, 4.69) is 23.7 Å². The van der Waals surface area contributed by atoms with Gasteiger partial charge in [-0.15, -0.1) is 4.91 Å². The SMILES string of the molecule is C=C/C=C(\C=C)NC(=O)OCC(N)Cc1ccccc1N=O. The molecule has 0 heterocycles. The van der Waals surface area contributed by atoms with E-state index in [9.17, 15) is 9.70 Å². The molecule has 1 aromatic rings. The number of nitrogens with one attached hydrogen (secondary N) is 1. The molecule has 0 aliphatic heterocycles. The van der Waals surface area contributed by atoms with Crippen molar-refractivity contribution in [2.24, 2.45) is 10.9 Å². The lowest BCUT2D eigenvalue weighted by molar-refractivity contribution is 0.142. The summed E-state index contributed by atoms with van der Waals surface area (Å²) < 4.78 is 5.02. The van der Waals surface area contributed by atoms with Gasteiger partial charge in [0, 0.05) is 11.7 Å². The van der Waals surface area contributed by atoms with Crippen LogP contribution in [0.4, 0.5) is 10.5 Å². The van der Waals surface area contributed by atoms with Crippen molar-refractivity contribution in [3.63, 3.8) is 0 Å². The maximum atomic E-state index is 11.6. The fraction of sp³-hybridized carbons (Fsp3) is 0.188. The number of allylic oxidation sites excluding steroid dienone is 3. The Hall–Kier alpha value is -2.73. The number of hydrogen-bond donors (Lipinski definition) is 2. The van der Waals surface area contributed by atoms with Gasteiger partial charge in [-0.2, -0.15) is 0 Å². The molecule has 6 nitrogen and oxygen atoms in total. The molecule has 0 aromatic heterocycles. The zero-order chi connectivity index (χ0) is 16.4. The third kappa shape index (κ3) is 5.72. The summed E-state index contributed by atoms with van der Waals surface area (Å²) in [6, 6.07) is 6.45. The van der Waals surface area contributed by atoms with Crippen molar-refractivity contribution >= 4 is 11.8 Å². The highest BCUT2D eigenvalue weighted by Crippen LogP contribution is 2.19. The Balaban J connectivity index is 2.49. The van der Waals surface area contributed by atoms with Crippen LogP contribution in [0.15, 0.2) is 66.5 Å². The van der Waals surface area contributed by atoms with E-state index in [-0.39, 0.29) is 6.61 Å². The van der Waals surface area contributed by atoms with E-state index in [0.717, 1.165) is 0 Å². The van der Waals surface area contributed by atoms with E-state index in [1.54, 1.807) is 30.3 Å². The topological polar surface area (TPSA) is 93.8 Å². The number of benzene rings is 1. The number of nitrogens with two attached hydrogens (primary N) is 1. The summed E-state index contributed by atoms with van der Waals surface area (Å²) in [6.07, 6.45) is 4.32. The van der Waals surface area contributed by atoms with E-state index >= 15 is 0 Å². The molecule has 1 rings (SSSR count). The lowest BCUT2D eigenvalue weighted by Crippen LogP contribution is -2.33. The fourth-order valence-corrected chi connectivity index (χ4v) is 1.74. The number of ether oxygens (including phenoxy) is 1. The van der Waals surface area contributed by atoms with Crippen LogP contribution in [0.25, 0.3) is 0 Å². The van der Waals surface area contributed by atoms with Gasteiger partial charge < -0.3 is 10.5 Å². The minimum absolute atomic E-state index is 0.0114. The second-order valence-electron chi connectivity index (χ2n) is 4.47. The van der Waals surface area contributed by atoms with Gasteiger partial charge in [-0.25, -0.2) is 4.79 Å². The second-order valence-corrected chi connectivity index (χ2v) is 4.47. The Bertz CT molecular complexity index is 582. The minimum atomic E-state index is -0.634. The third-order valence-electron chi connectivity index (χ3n) is 2.76. The summed E-state index contributed by atoms with van der Waals surface area (Å²) in [4.78, 5) is 22.3. The predicted molar refractivity (Wildman–Crippen MR) is 86.5 cm³/mol. The van der Waals surface area contributed by atoms with Crippen LogP contribution in [0.5, 0.6) is 0 Å². The molecular formula is C16H19N3O3. The van der Waals surface area contributed by atoms with Crippen molar-refractivity contribution in [3.8, 4) is 0 Å². The number of rotatable bonds is 8. The molecule has 22 heavy (non-hydrogen) atoms. The summed E-state index contributed by atoms with van der Waals surface area (Å²) >= 11 is 0. The highest BCUT2D eigenvalue weighted by Gasteiger charge is 2.11. The van der Waals surface area contributed by atoms with Crippen LogP contribution in [-0.4, -0.2) is 18.7 Å². The molecule has 0 saturated heterocycles. The van der Waals surface area contributed by atoms with Crippen LogP contribution >= 0.6 is 0 Å². The Morgan fingerprint density at radius 1 is 1.41 bits per heavy atom. The number of carbonyl (C=O) groups excluding carboxylic acids is 1. The molecule has 0 aliphatic carbocycles. The minimum Gasteiger partial charge on any atom is -0.448 e. The van der Waals surface area contributed by atoms with Crippen LogP contribution in [-0.2, 0) is 11.2 Å². The number of hydrogen-bond acceptors (Lipinski definition) is 5. The maximum absolute atomic E-state index is 11.6. The second kappa shape index (κ2) is 9.25. The van der Waals surface area contributed by atoms with Crippen molar-refractivity contribution in [2.75, 3.05) is 6.61 Å². The van der Waals surface area contributed by atoms with Crippen LogP contribution < -0.4 is 11.1 Å². The van der Waals surface area contributed by atoms with Gasteiger partial charge in [-0.3, -0.25) is 5.32 Å². The first-order valence-electron chi connectivity index (χ1n) is 6.66. The molecular weight excluding hydrogens is 282 g/mol. The highest BCUT2D eigenvalue weighted by atomic mass is 16.5. The summed E-state index contributed by atoms with van der Waals surface area (Å²) in [5.41, 5.74) is 7.43. The molecule has 0 radical (unpaired) electrons. The van der Waals surface area contributed by atoms with Gasteiger partial charge in [-0.05, 0) is 35.4 Å². The predicted octanol–water partition coefficient (Wildman–Crippen LogP) is 2.94. The number of nitrogens with zero attached hydrogens (tertiary/aromatic N) is 1. The van der Waals surface area contributed by atoms with E-state index in [4.69, 9.17) is 10.5 Å². The maximum Gasteiger partial charge on any atom is 0.411 e. The van der Waals surface area contributed by atoms with Gasteiger partial charge in [-0.1, -0.05) is 37.4 Å². The Morgan fingerprint density at radius 2 is 2.14 bits per heavy atom. The number of nitroso groups, excluding NO2 is 1. The lowest BCUT2D eigenvalue weighted by Gasteiger charge is -2.13. The molecule has 0 aliphatic rings. The first kappa shape index (κ1) is 17.3. The molecule has 116 valence electrons. The standard InChI is InChI=1S/C16H19N3O3/c1-3-7-14(4-2)18-16(20)22-11-13(17)10-12-8-5-6-9-15(12)19-21/h3-9,13H,1-2,10-11,17H2,(H,18,20)/b14-7+. The van der Waals surface area contributed by atoms with Crippen molar-refractivity contribution in [2.45, 2.75) is 12.5 Å². The smallest absolute Gasteiger partial charge is 0.411 e. The normalized spacial score (nSPS) is 12.1. The van der Waals surface area contributed by atoms with E-state index < -0.39 is 12.1 Å². The molecule has 1 amide bonds. The van der Waals surface area contributed by atoms with Crippen LogP contribution in [0.2, 0.25) is 0 Å².